The molecule has 0 fully saturated rings. The van der Waals surface area contributed by atoms with Crippen molar-refractivity contribution >= 4 is 10.0 Å². The predicted molar refractivity (Wildman–Crippen MR) is 79.9 cm³/mol. The lowest BCUT2D eigenvalue weighted by atomic mass is 10.2. The second kappa shape index (κ2) is 12.8. The van der Waals surface area contributed by atoms with Crippen molar-refractivity contribution in [1.29, 1.82) is 0 Å². The van der Waals surface area contributed by atoms with Gasteiger partial charge >= 0.3 is 0 Å². The van der Waals surface area contributed by atoms with Crippen LogP contribution in [0.25, 0.3) is 0 Å². The molecule has 0 aliphatic heterocycles. The average molecular weight is 294 g/mol. The third-order valence-corrected chi connectivity index (χ3v) is 4.26. The Labute approximate surface area is 118 Å². The predicted octanol–water partition coefficient (Wildman–Crippen LogP) is 1.50. The Morgan fingerprint density at radius 1 is 0.947 bits per heavy atom. The van der Waals surface area contributed by atoms with Crippen LogP contribution in [-0.4, -0.2) is 47.5 Å². The molecule has 0 amide bonds. The Bertz CT molecular complexity index is 260. The molecule has 0 rings (SSSR count). The van der Waals surface area contributed by atoms with Gasteiger partial charge in [0.15, 0.2) is 0 Å². The molecule has 19 heavy (non-hydrogen) atoms. The van der Waals surface area contributed by atoms with Crippen molar-refractivity contribution in [3.8, 4) is 0 Å². The van der Waals surface area contributed by atoms with Crippen LogP contribution in [0.1, 0.15) is 45.4 Å². The van der Waals surface area contributed by atoms with E-state index >= 15 is 0 Å². The maximum Gasteiger partial charge on any atom is 0.211 e. The summed E-state index contributed by atoms with van der Waals surface area (Å²) in [4.78, 5) is 0. The van der Waals surface area contributed by atoms with E-state index in [1.807, 2.05) is 0 Å². The molecule has 5 nitrogen and oxygen atoms in total. The lowest BCUT2D eigenvalue weighted by molar-refractivity contribution is 0.192. The molecule has 0 saturated carbocycles. The molecule has 0 bridgehead atoms. The fraction of sp³-hybridized carbons (Fsp3) is 1.00. The van der Waals surface area contributed by atoms with E-state index in [4.69, 9.17) is 4.74 Å². The summed E-state index contributed by atoms with van der Waals surface area (Å²) in [6.07, 6.45) is 5.60. The monoisotopic (exact) mass is 294 g/mol. The fourth-order valence-corrected chi connectivity index (χ4v) is 2.88. The van der Waals surface area contributed by atoms with Crippen molar-refractivity contribution in [3.63, 3.8) is 0 Å². The highest BCUT2D eigenvalue weighted by Gasteiger charge is 2.08. The summed E-state index contributed by atoms with van der Waals surface area (Å²) in [6, 6.07) is 0. The lowest BCUT2D eigenvalue weighted by Crippen LogP contribution is -2.28. The fourth-order valence-electron chi connectivity index (χ4n) is 1.69. The van der Waals surface area contributed by atoms with Crippen molar-refractivity contribution in [1.82, 2.24) is 10.0 Å². The molecule has 0 aromatic heterocycles. The SMILES string of the molecule is CCCNCCCCS(=O)(=O)NCCCCCOC. The largest absolute Gasteiger partial charge is 0.385 e. The summed E-state index contributed by atoms with van der Waals surface area (Å²) in [5, 5.41) is 3.27. The van der Waals surface area contributed by atoms with Crippen LogP contribution in [0, 0.1) is 0 Å². The van der Waals surface area contributed by atoms with Gasteiger partial charge in [-0.15, -0.1) is 0 Å². The summed E-state index contributed by atoms with van der Waals surface area (Å²) in [7, 11) is -1.40. The first-order chi connectivity index (χ1) is 9.12. The molecule has 116 valence electrons. The maximum absolute atomic E-state index is 11.7. The summed E-state index contributed by atoms with van der Waals surface area (Å²) in [5.74, 6) is 0.235. The Kier molecular flexibility index (Phi) is 12.7. The molecule has 0 spiro atoms. The molecule has 6 heteroatoms. The zero-order valence-corrected chi connectivity index (χ0v) is 13.2. The summed E-state index contributed by atoms with van der Waals surface area (Å²) >= 11 is 0. The Morgan fingerprint density at radius 3 is 2.37 bits per heavy atom. The summed E-state index contributed by atoms with van der Waals surface area (Å²) in [5.41, 5.74) is 0. The van der Waals surface area contributed by atoms with Crippen LogP contribution >= 0.6 is 0 Å². The van der Waals surface area contributed by atoms with Gasteiger partial charge in [-0.1, -0.05) is 6.92 Å². The minimum absolute atomic E-state index is 0.235. The average Bonchev–Trinajstić information content (AvgIpc) is 2.38. The highest BCUT2D eigenvalue weighted by atomic mass is 32.2. The van der Waals surface area contributed by atoms with Crippen molar-refractivity contribution in [2.45, 2.75) is 45.4 Å². The first-order valence-electron chi connectivity index (χ1n) is 7.29. The smallest absolute Gasteiger partial charge is 0.211 e. The molecule has 2 N–H and O–H groups in total. The maximum atomic E-state index is 11.7. The van der Waals surface area contributed by atoms with Gasteiger partial charge in [0.25, 0.3) is 0 Å². The van der Waals surface area contributed by atoms with Crippen LogP contribution in [0.5, 0.6) is 0 Å². The van der Waals surface area contributed by atoms with Gasteiger partial charge in [-0.05, 0) is 51.6 Å². The molecule has 0 unspecified atom stereocenters. The highest BCUT2D eigenvalue weighted by molar-refractivity contribution is 7.89. The van der Waals surface area contributed by atoms with Crippen LogP contribution in [-0.2, 0) is 14.8 Å². The molecule has 0 aromatic carbocycles. The number of sulfonamides is 1. The molecular weight excluding hydrogens is 264 g/mol. The number of nitrogens with one attached hydrogen (secondary N) is 2. The van der Waals surface area contributed by atoms with Crippen molar-refractivity contribution in [2.24, 2.45) is 0 Å². The Hall–Kier alpha value is -0.170. The molecule has 0 saturated heterocycles. The van der Waals surface area contributed by atoms with Crippen LogP contribution in [0.3, 0.4) is 0 Å². The van der Waals surface area contributed by atoms with E-state index in [2.05, 4.69) is 17.0 Å². The van der Waals surface area contributed by atoms with Gasteiger partial charge in [0.1, 0.15) is 0 Å². The number of hydrogen-bond donors (Lipinski definition) is 2. The molecule has 0 heterocycles. The zero-order valence-electron chi connectivity index (χ0n) is 12.4. The third kappa shape index (κ3) is 14.1. The van der Waals surface area contributed by atoms with Crippen LogP contribution in [0.2, 0.25) is 0 Å². The first-order valence-corrected chi connectivity index (χ1v) is 8.94. The number of hydrogen-bond acceptors (Lipinski definition) is 4. The molecule has 0 radical (unpaired) electrons. The van der Waals surface area contributed by atoms with Crippen molar-refractivity contribution in [3.05, 3.63) is 0 Å². The Balaban J connectivity index is 3.42. The zero-order chi connectivity index (χ0) is 14.4. The van der Waals surface area contributed by atoms with E-state index in [0.717, 1.165) is 58.2 Å². The van der Waals surface area contributed by atoms with Crippen LogP contribution in [0.15, 0.2) is 0 Å². The topological polar surface area (TPSA) is 67.4 Å². The van der Waals surface area contributed by atoms with Crippen molar-refractivity contribution in [2.75, 3.05) is 39.1 Å². The van der Waals surface area contributed by atoms with Gasteiger partial charge in [0.2, 0.25) is 10.0 Å². The van der Waals surface area contributed by atoms with Gasteiger partial charge in [0.05, 0.1) is 5.75 Å². The standard InChI is InChI=1S/C13H30N2O3S/c1-3-9-14-10-6-8-13-19(16,17)15-11-5-4-7-12-18-2/h14-15H,3-13H2,1-2H3. The summed E-state index contributed by atoms with van der Waals surface area (Å²) in [6.45, 7) is 5.32. The van der Waals surface area contributed by atoms with E-state index in [-0.39, 0.29) is 5.75 Å². The van der Waals surface area contributed by atoms with E-state index in [1.54, 1.807) is 7.11 Å². The number of ether oxygens (including phenoxy) is 1. The summed E-state index contributed by atoms with van der Waals surface area (Å²) < 4.78 is 30.9. The van der Waals surface area contributed by atoms with Gasteiger partial charge in [-0.25, -0.2) is 13.1 Å². The minimum Gasteiger partial charge on any atom is -0.385 e. The van der Waals surface area contributed by atoms with Crippen LogP contribution < -0.4 is 10.0 Å². The third-order valence-electron chi connectivity index (χ3n) is 2.79. The van der Waals surface area contributed by atoms with Crippen LogP contribution in [0.4, 0.5) is 0 Å². The lowest BCUT2D eigenvalue weighted by Gasteiger charge is -2.07. The molecule has 0 atom stereocenters. The highest BCUT2D eigenvalue weighted by Crippen LogP contribution is 1.97. The Morgan fingerprint density at radius 2 is 1.68 bits per heavy atom. The minimum atomic E-state index is -3.08. The molecule has 0 aliphatic carbocycles. The second-order valence-electron chi connectivity index (χ2n) is 4.72. The van der Waals surface area contributed by atoms with E-state index in [1.165, 1.54) is 0 Å². The van der Waals surface area contributed by atoms with Gasteiger partial charge < -0.3 is 10.1 Å². The van der Waals surface area contributed by atoms with E-state index in [9.17, 15) is 8.42 Å². The molecular formula is C13H30N2O3S. The van der Waals surface area contributed by atoms with Crippen molar-refractivity contribution < 1.29 is 13.2 Å². The van der Waals surface area contributed by atoms with E-state index in [0.29, 0.717) is 6.54 Å². The number of rotatable bonds is 14. The second-order valence-corrected chi connectivity index (χ2v) is 6.65. The van der Waals surface area contributed by atoms with Gasteiger partial charge in [-0.3, -0.25) is 0 Å². The van der Waals surface area contributed by atoms with Gasteiger partial charge in [0, 0.05) is 20.3 Å². The van der Waals surface area contributed by atoms with Gasteiger partial charge in [-0.2, -0.15) is 0 Å². The molecule has 0 aliphatic rings. The normalized spacial score (nSPS) is 11.9. The quantitative estimate of drug-likeness (QED) is 0.477. The number of methoxy groups -OCH3 is 1. The first kappa shape index (κ1) is 18.8. The van der Waals surface area contributed by atoms with E-state index < -0.39 is 10.0 Å². The number of unbranched alkanes of at least 4 members (excludes halogenated alkanes) is 3. The molecule has 0 aromatic rings.